The summed E-state index contributed by atoms with van der Waals surface area (Å²) < 4.78 is 1.06. The van der Waals surface area contributed by atoms with E-state index in [1.165, 1.54) is 0 Å². The number of nitriles is 1. The van der Waals surface area contributed by atoms with Crippen molar-refractivity contribution in [2.75, 3.05) is 0 Å². The van der Waals surface area contributed by atoms with Crippen LogP contribution in [0.25, 0.3) is 4.85 Å². The van der Waals surface area contributed by atoms with Gasteiger partial charge in [-0.25, -0.2) is 6.57 Å². The molecular weight excluding hydrogens is 387 g/mol. The van der Waals surface area contributed by atoms with E-state index in [0.29, 0.717) is 5.56 Å². The maximum atomic E-state index is 12.5. The molecular formula is C18H13IN2O. The lowest BCUT2D eigenvalue weighted by Gasteiger charge is -2.14. The Morgan fingerprint density at radius 1 is 1.18 bits per heavy atom. The Morgan fingerprint density at radius 2 is 1.82 bits per heavy atom. The molecule has 0 saturated heterocycles. The molecule has 0 aliphatic rings. The molecule has 0 aliphatic heterocycles. The van der Waals surface area contributed by atoms with Crippen molar-refractivity contribution in [3.8, 4) is 6.07 Å². The molecule has 0 radical (unpaired) electrons. The molecule has 0 spiro atoms. The number of hydrogen-bond acceptors (Lipinski definition) is 2. The van der Waals surface area contributed by atoms with Gasteiger partial charge < -0.3 is 0 Å². The van der Waals surface area contributed by atoms with Gasteiger partial charge in [0.25, 0.3) is 0 Å². The summed E-state index contributed by atoms with van der Waals surface area (Å²) in [6, 6.07) is 17.8. The Morgan fingerprint density at radius 3 is 2.36 bits per heavy atom. The minimum absolute atomic E-state index is 0.0471. The Kier molecular flexibility index (Phi) is 5.68. The minimum Gasteiger partial charge on any atom is -0.297 e. The zero-order chi connectivity index (χ0) is 15.9. The van der Waals surface area contributed by atoms with E-state index in [2.05, 4.69) is 27.4 Å². The molecule has 3 nitrogen and oxygen atoms in total. The van der Waals surface area contributed by atoms with Gasteiger partial charge in [0, 0.05) is 15.6 Å². The molecule has 2 aromatic carbocycles. The van der Waals surface area contributed by atoms with Crippen molar-refractivity contribution in [3.05, 3.63) is 80.7 Å². The highest BCUT2D eigenvalue weighted by Gasteiger charge is 2.30. The third-order valence-electron chi connectivity index (χ3n) is 3.45. The number of carbonyl (C=O) groups is 1. The second-order valence-electron chi connectivity index (χ2n) is 4.85. The average Bonchev–Trinajstić information content (AvgIpc) is 2.56. The third kappa shape index (κ3) is 3.93. The van der Waals surface area contributed by atoms with Crippen LogP contribution in [0.1, 0.15) is 28.3 Å². The zero-order valence-corrected chi connectivity index (χ0v) is 13.9. The molecule has 4 heteroatoms. The van der Waals surface area contributed by atoms with Gasteiger partial charge in [0.2, 0.25) is 0 Å². The summed E-state index contributed by atoms with van der Waals surface area (Å²) in [5, 5.41) is 9.20. The quantitative estimate of drug-likeness (QED) is 0.423. The highest BCUT2D eigenvalue weighted by molar-refractivity contribution is 14.1. The van der Waals surface area contributed by atoms with Crippen LogP contribution in [0.2, 0.25) is 0 Å². The molecule has 2 unspecified atom stereocenters. The normalized spacial score (nSPS) is 12.7. The van der Waals surface area contributed by atoms with Crippen molar-refractivity contribution < 1.29 is 4.79 Å². The van der Waals surface area contributed by atoms with Gasteiger partial charge in [-0.1, -0.05) is 42.5 Å². The Bertz CT molecular complexity index is 712. The van der Waals surface area contributed by atoms with Crippen molar-refractivity contribution in [3.63, 3.8) is 0 Å². The van der Waals surface area contributed by atoms with E-state index in [0.717, 1.165) is 9.13 Å². The maximum absolute atomic E-state index is 12.5. The van der Waals surface area contributed by atoms with Gasteiger partial charge in [0.1, 0.15) is 0 Å². The molecule has 0 bridgehead atoms. The van der Waals surface area contributed by atoms with Gasteiger partial charge in [-0.3, -0.25) is 9.64 Å². The van der Waals surface area contributed by atoms with Crippen LogP contribution in [0.5, 0.6) is 0 Å². The van der Waals surface area contributed by atoms with Crippen LogP contribution in [-0.2, 0) is 0 Å². The van der Waals surface area contributed by atoms with E-state index >= 15 is 0 Å². The number of halogens is 1. The van der Waals surface area contributed by atoms with Crippen LogP contribution in [0, 0.1) is 21.5 Å². The molecule has 0 heterocycles. The Balaban J connectivity index is 2.27. The molecule has 0 amide bonds. The van der Waals surface area contributed by atoms with Crippen LogP contribution in [0.15, 0.2) is 54.6 Å². The topological polar surface area (TPSA) is 45.2 Å². The lowest BCUT2D eigenvalue weighted by Crippen LogP contribution is -2.17. The van der Waals surface area contributed by atoms with Crippen LogP contribution in [0.3, 0.4) is 0 Å². The lowest BCUT2D eigenvalue weighted by atomic mass is 9.86. The summed E-state index contributed by atoms with van der Waals surface area (Å²) in [4.78, 5) is 15.8. The second kappa shape index (κ2) is 7.72. The summed E-state index contributed by atoms with van der Waals surface area (Å²) in [5.74, 6) is -0.454. The molecule has 2 aromatic rings. The van der Waals surface area contributed by atoms with Crippen LogP contribution < -0.4 is 0 Å². The first-order valence-electron chi connectivity index (χ1n) is 6.75. The SMILES string of the molecule is [C-]#[N+]C(C#N)C(CC(=O)c1ccc(I)cc1)c1ccccc1. The first-order chi connectivity index (χ1) is 10.7. The molecule has 0 aliphatic carbocycles. The predicted molar refractivity (Wildman–Crippen MR) is 93.3 cm³/mol. The fourth-order valence-corrected chi connectivity index (χ4v) is 2.63. The van der Waals surface area contributed by atoms with E-state index in [1.807, 2.05) is 48.5 Å². The summed E-state index contributed by atoms with van der Waals surface area (Å²) in [5.41, 5.74) is 1.46. The number of ketones is 1. The monoisotopic (exact) mass is 400 g/mol. The zero-order valence-electron chi connectivity index (χ0n) is 11.7. The highest BCUT2D eigenvalue weighted by Crippen LogP contribution is 2.27. The summed E-state index contributed by atoms with van der Waals surface area (Å²) >= 11 is 2.18. The second-order valence-corrected chi connectivity index (χ2v) is 6.10. The van der Waals surface area contributed by atoms with Gasteiger partial charge >= 0.3 is 6.04 Å². The molecule has 108 valence electrons. The summed E-state index contributed by atoms with van der Waals surface area (Å²) in [6.45, 7) is 7.21. The molecule has 2 atom stereocenters. The number of Topliss-reactive ketones (excluding diaryl/α,β-unsaturated/α-hetero) is 1. The highest BCUT2D eigenvalue weighted by atomic mass is 127. The fraction of sp³-hybridized carbons (Fsp3) is 0.167. The summed E-state index contributed by atoms with van der Waals surface area (Å²) in [6.07, 6.45) is 0.158. The standard InChI is InChI=1S/C18H13IN2O/c1-21-17(12-20)16(13-5-3-2-4-6-13)11-18(22)14-7-9-15(19)10-8-14/h2-10,16-17H,11H2. The number of nitrogens with zero attached hydrogens (tertiary/aromatic N) is 2. The van der Waals surface area contributed by atoms with Crippen molar-refractivity contribution in [1.29, 1.82) is 5.26 Å². The van der Waals surface area contributed by atoms with Gasteiger partial charge in [0.15, 0.2) is 11.9 Å². The molecule has 0 aromatic heterocycles. The molecule has 2 rings (SSSR count). The number of benzene rings is 2. The van der Waals surface area contributed by atoms with Crippen LogP contribution >= 0.6 is 22.6 Å². The maximum Gasteiger partial charge on any atom is 0.314 e. The van der Waals surface area contributed by atoms with Crippen molar-refractivity contribution in [2.45, 2.75) is 18.4 Å². The fourth-order valence-electron chi connectivity index (χ4n) is 2.27. The van der Waals surface area contributed by atoms with Gasteiger partial charge in [-0.2, -0.15) is 5.26 Å². The third-order valence-corrected chi connectivity index (χ3v) is 4.17. The molecule has 22 heavy (non-hydrogen) atoms. The van der Waals surface area contributed by atoms with E-state index in [4.69, 9.17) is 6.57 Å². The van der Waals surface area contributed by atoms with Gasteiger partial charge in [0.05, 0.1) is 5.92 Å². The Hall–Kier alpha value is -2.18. The smallest absolute Gasteiger partial charge is 0.297 e. The van der Waals surface area contributed by atoms with E-state index in [1.54, 1.807) is 12.1 Å². The van der Waals surface area contributed by atoms with Gasteiger partial charge in [-0.05, 0) is 40.3 Å². The molecule has 0 fully saturated rings. The number of rotatable bonds is 5. The molecule has 0 saturated carbocycles. The van der Waals surface area contributed by atoms with Crippen molar-refractivity contribution in [1.82, 2.24) is 0 Å². The number of carbonyl (C=O) groups excluding carboxylic acids is 1. The predicted octanol–water partition coefficient (Wildman–Crippen LogP) is 4.46. The first kappa shape index (κ1) is 16.2. The van der Waals surface area contributed by atoms with E-state index in [-0.39, 0.29) is 12.2 Å². The van der Waals surface area contributed by atoms with E-state index < -0.39 is 12.0 Å². The minimum atomic E-state index is -0.852. The Labute approximate surface area is 143 Å². The van der Waals surface area contributed by atoms with Crippen molar-refractivity contribution >= 4 is 28.4 Å². The number of hydrogen-bond donors (Lipinski definition) is 0. The lowest BCUT2D eigenvalue weighted by molar-refractivity contribution is 0.0973. The first-order valence-corrected chi connectivity index (χ1v) is 7.83. The summed E-state index contributed by atoms with van der Waals surface area (Å²) in [7, 11) is 0. The van der Waals surface area contributed by atoms with E-state index in [9.17, 15) is 10.1 Å². The van der Waals surface area contributed by atoms with Gasteiger partial charge in [-0.15, -0.1) is 0 Å². The van der Waals surface area contributed by atoms with Crippen LogP contribution in [-0.4, -0.2) is 11.8 Å². The van der Waals surface area contributed by atoms with Crippen LogP contribution in [0.4, 0.5) is 0 Å². The van der Waals surface area contributed by atoms with Crippen molar-refractivity contribution in [2.24, 2.45) is 0 Å². The largest absolute Gasteiger partial charge is 0.314 e. The molecule has 0 N–H and O–H groups in total. The average molecular weight is 400 g/mol.